The van der Waals surface area contributed by atoms with Crippen LogP contribution in [0.3, 0.4) is 0 Å². The molecule has 5 heterocycles. The second-order valence-electron chi connectivity index (χ2n) is 9.76. The van der Waals surface area contributed by atoms with Crippen LogP contribution < -0.4 is 15.5 Å². The predicted octanol–water partition coefficient (Wildman–Crippen LogP) is 2.13. The standard InChI is InChI=1S/C23H27F2N9O2/c1-26-20(35)17-5-4-16-19(27-18-10-15(29-30-18)13-2-3-13)28-22(31-34(16)17)32-8-6-14(11-32)21(36)33-9-7-23(24,25)12-33/h4-5,10,13-14H,2-3,6-9,11-12H2,1H3,(H,26,35)(H2,27,28,29,30,31)/t14-/m0/s1. The molecule has 3 fully saturated rings. The molecule has 36 heavy (non-hydrogen) atoms. The number of hydrogen-bond donors (Lipinski definition) is 3. The van der Waals surface area contributed by atoms with Gasteiger partial charge in [0.1, 0.15) is 11.2 Å². The first-order valence-electron chi connectivity index (χ1n) is 12.2. The number of H-pyrrole nitrogens is 1. The van der Waals surface area contributed by atoms with E-state index in [9.17, 15) is 18.4 Å². The van der Waals surface area contributed by atoms with Crippen molar-refractivity contribution >= 4 is 34.9 Å². The molecule has 190 valence electrons. The van der Waals surface area contributed by atoms with Gasteiger partial charge in [-0.15, -0.1) is 5.10 Å². The molecule has 2 aliphatic heterocycles. The maximum Gasteiger partial charge on any atom is 0.269 e. The van der Waals surface area contributed by atoms with Gasteiger partial charge in [0, 0.05) is 50.8 Å². The minimum atomic E-state index is -2.82. The number of aromatic nitrogens is 5. The van der Waals surface area contributed by atoms with Crippen molar-refractivity contribution in [3.8, 4) is 0 Å². The van der Waals surface area contributed by atoms with Crippen molar-refractivity contribution in [2.75, 3.05) is 43.4 Å². The summed E-state index contributed by atoms with van der Waals surface area (Å²) in [7, 11) is 1.55. The average molecular weight is 500 g/mol. The van der Waals surface area contributed by atoms with Crippen LogP contribution in [0.15, 0.2) is 18.2 Å². The van der Waals surface area contributed by atoms with Gasteiger partial charge in [-0.1, -0.05) is 0 Å². The second kappa shape index (κ2) is 8.42. The minimum Gasteiger partial charge on any atom is -0.354 e. The Labute approximate surface area is 205 Å². The highest BCUT2D eigenvalue weighted by atomic mass is 19.3. The molecule has 3 aromatic heterocycles. The fourth-order valence-corrected chi connectivity index (χ4v) is 4.96. The molecular formula is C23H27F2N9O2. The number of fused-ring (bicyclic) bond motifs is 1. The Morgan fingerprint density at radius 3 is 2.75 bits per heavy atom. The van der Waals surface area contributed by atoms with E-state index < -0.39 is 18.4 Å². The third-order valence-corrected chi connectivity index (χ3v) is 7.12. The van der Waals surface area contributed by atoms with Crippen molar-refractivity contribution in [2.24, 2.45) is 5.92 Å². The molecule has 11 nitrogen and oxygen atoms in total. The van der Waals surface area contributed by atoms with Gasteiger partial charge in [-0.25, -0.2) is 13.3 Å². The second-order valence-corrected chi connectivity index (χ2v) is 9.76. The normalized spacial score (nSPS) is 21.4. The number of rotatable bonds is 6. The molecule has 2 saturated heterocycles. The highest BCUT2D eigenvalue weighted by molar-refractivity contribution is 5.94. The zero-order chi connectivity index (χ0) is 25.0. The Hall–Kier alpha value is -3.77. The lowest BCUT2D eigenvalue weighted by molar-refractivity contribution is -0.135. The molecule has 3 N–H and O–H groups in total. The van der Waals surface area contributed by atoms with Gasteiger partial charge >= 0.3 is 0 Å². The zero-order valence-electron chi connectivity index (χ0n) is 19.8. The third kappa shape index (κ3) is 4.11. The molecule has 13 heteroatoms. The summed E-state index contributed by atoms with van der Waals surface area (Å²) < 4.78 is 28.8. The monoisotopic (exact) mass is 499 g/mol. The van der Waals surface area contributed by atoms with Crippen molar-refractivity contribution < 1.29 is 18.4 Å². The highest BCUT2D eigenvalue weighted by Gasteiger charge is 2.43. The number of amides is 2. The first-order chi connectivity index (χ1) is 17.3. The molecule has 1 saturated carbocycles. The van der Waals surface area contributed by atoms with Crippen LogP contribution in [-0.4, -0.2) is 80.7 Å². The number of halogens is 2. The first kappa shape index (κ1) is 22.7. The Balaban J connectivity index is 1.29. The van der Waals surface area contributed by atoms with Crippen molar-refractivity contribution in [2.45, 2.75) is 37.5 Å². The Bertz CT molecular complexity index is 1330. The van der Waals surface area contributed by atoms with E-state index in [0.29, 0.717) is 54.2 Å². The maximum atomic E-state index is 13.6. The van der Waals surface area contributed by atoms with Crippen LogP contribution >= 0.6 is 0 Å². The van der Waals surface area contributed by atoms with Gasteiger partial charge in [0.15, 0.2) is 11.6 Å². The number of hydrogen-bond acceptors (Lipinski definition) is 7. The van der Waals surface area contributed by atoms with E-state index in [0.717, 1.165) is 18.5 Å². The number of likely N-dealkylation sites (tertiary alicyclic amines) is 1. The number of alkyl halides is 2. The van der Waals surface area contributed by atoms with Crippen LogP contribution in [0.5, 0.6) is 0 Å². The smallest absolute Gasteiger partial charge is 0.269 e. The van der Waals surface area contributed by atoms with Gasteiger partial charge in [0.2, 0.25) is 11.9 Å². The largest absolute Gasteiger partial charge is 0.354 e. The fourth-order valence-electron chi connectivity index (χ4n) is 4.96. The molecule has 0 spiro atoms. The lowest BCUT2D eigenvalue weighted by atomic mass is 10.1. The van der Waals surface area contributed by atoms with Crippen LogP contribution in [-0.2, 0) is 4.79 Å². The van der Waals surface area contributed by atoms with Gasteiger partial charge in [-0.05, 0) is 31.4 Å². The van der Waals surface area contributed by atoms with E-state index >= 15 is 0 Å². The van der Waals surface area contributed by atoms with Crippen LogP contribution in [0.2, 0.25) is 0 Å². The van der Waals surface area contributed by atoms with Gasteiger partial charge in [-0.2, -0.15) is 10.1 Å². The minimum absolute atomic E-state index is 0.0736. The van der Waals surface area contributed by atoms with E-state index in [4.69, 9.17) is 4.98 Å². The summed E-state index contributed by atoms with van der Waals surface area (Å²) in [5.74, 6) is -1.86. The highest BCUT2D eigenvalue weighted by Crippen LogP contribution is 2.40. The summed E-state index contributed by atoms with van der Waals surface area (Å²) in [5.41, 5.74) is 2.00. The van der Waals surface area contributed by atoms with Crippen molar-refractivity contribution in [1.82, 2.24) is 35.0 Å². The van der Waals surface area contributed by atoms with Crippen LogP contribution in [0, 0.1) is 5.92 Å². The van der Waals surface area contributed by atoms with Gasteiger partial charge in [0.05, 0.1) is 12.5 Å². The van der Waals surface area contributed by atoms with Crippen molar-refractivity contribution in [1.29, 1.82) is 0 Å². The Morgan fingerprint density at radius 1 is 1.19 bits per heavy atom. The van der Waals surface area contributed by atoms with E-state index in [-0.39, 0.29) is 24.8 Å². The molecule has 3 aromatic rings. The average Bonchev–Trinajstić information content (AvgIpc) is 3.25. The molecule has 0 aromatic carbocycles. The SMILES string of the molecule is CNC(=O)c1ccc2c(Nc3cc(C4CC4)[nH]n3)nc(N3CC[C@H](C(=O)N4CCC(F)(F)C4)C3)nn12. The van der Waals surface area contributed by atoms with E-state index in [1.807, 2.05) is 11.0 Å². The third-order valence-electron chi connectivity index (χ3n) is 7.12. The van der Waals surface area contributed by atoms with Gasteiger partial charge < -0.3 is 20.4 Å². The van der Waals surface area contributed by atoms with Gasteiger partial charge in [0.25, 0.3) is 11.8 Å². The van der Waals surface area contributed by atoms with Crippen LogP contribution in [0.25, 0.3) is 5.52 Å². The fraction of sp³-hybridized carbons (Fsp3) is 0.522. The zero-order valence-corrected chi connectivity index (χ0v) is 19.8. The van der Waals surface area contributed by atoms with Crippen LogP contribution in [0.4, 0.5) is 26.4 Å². The molecule has 0 bridgehead atoms. The number of aromatic amines is 1. The quantitative estimate of drug-likeness (QED) is 0.475. The van der Waals surface area contributed by atoms with Crippen molar-refractivity contribution in [3.63, 3.8) is 0 Å². The number of carbonyl (C=O) groups is 2. The summed E-state index contributed by atoms with van der Waals surface area (Å²) in [6.07, 6.45) is 2.50. The number of carbonyl (C=O) groups excluding carboxylic acids is 2. The van der Waals surface area contributed by atoms with Gasteiger partial charge in [-0.3, -0.25) is 14.7 Å². The number of nitrogens with one attached hydrogen (secondary N) is 3. The maximum absolute atomic E-state index is 13.6. The number of nitrogens with zero attached hydrogens (tertiary/aromatic N) is 6. The predicted molar refractivity (Wildman–Crippen MR) is 127 cm³/mol. The molecule has 0 unspecified atom stereocenters. The molecule has 0 radical (unpaired) electrons. The molecule has 2 amide bonds. The molecular weight excluding hydrogens is 472 g/mol. The number of anilines is 3. The molecule has 1 aliphatic carbocycles. The molecule has 6 rings (SSSR count). The summed E-state index contributed by atoms with van der Waals surface area (Å²) in [4.78, 5) is 33.2. The van der Waals surface area contributed by atoms with Crippen molar-refractivity contribution in [3.05, 3.63) is 29.6 Å². The topological polar surface area (TPSA) is 124 Å². The molecule has 3 aliphatic rings. The van der Waals surface area contributed by atoms with E-state index in [1.54, 1.807) is 19.2 Å². The van der Waals surface area contributed by atoms with E-state index in [1.165, 1.54) is 9.42 Å². The summed E-state index contributed by atoms with van der Waals surface area (Å²) in [6, 6.07) is 5.38. The molecule has 1 atom stereocenters. The Morgan fingerprint density at radius 2 is 2.03 bits per heavy atom. The lowest BCUT2D eigenvalue weighted by Crippen LogP contribution is -2.37. The first-order valence-corrected chi connectivity index (χ1v) is 12.2. The Kier molecular flexibility index (Phi) is 5.30. The summed E-state index contributed by atoms with van der Waals surface area (Å²) in [6.45, 7) is 0.363. The van der Waals surface area contributed by atoms with Crippen LogP contribution in [0.1, 0.15) is 47.8 Å². The summed E-state index contributed by atoms with van der Waals surface area (Å²) in [5, 5.41) is 17.9. The van der Waals surface area contributed by atoms with E-state index in [2.05, 4.69) is 25.9 Å². The summed E-state index contributed by atoms with van der Waals surface area (Å²) >= 11 is 0. The lowest BCUT2D eigenvalue weighted by Gasteiger charge is -2.21.